The van der Waals surface area contributed by atoms with Gasteiger partial charge in [0.15, 0.2) is 0 Å². The molecule has 0 saturated heterocycles. The summed E-state index contributed by atoms with van der Waals surface area (Å²) in [5.74, 6) is -1.85. The van der Waals surface area contributed by atoms with E-state index in [-0.39, 0.29) is 18.0 Å². The zero-order valence-corrected chi connectivity index (χ0v) is 15.3. The van der Waals surface area contributed by atoms with Crippen molar-refractivity contribution in [2.45, 2.75) is 6.42 Å². The highest BCUT2D eigenvalue weighted by atomic mass is 35.5. The van der Waals surface area contributed by atoms with Gasteiger partial charge in [-0.25, -0.2) is 4.39 Å². The summed E-state index contributed by atoms with van der Waals surface area (Å²) in [5.41, 5.74) is 1.22. The highest BCUT2D eigenvalue weighted by Gasteiger charge is 2.32. The van der Waals surface area contributed by atoms with Gasteiger partial charge in [-0.15, -0.1) is 0 Å². The van der Waals surface area contributed by atoms with E-state index < -0.39 is 23.5 Å². The number of hydrogen-bond donors (Lipinski definition) is 1. The van der Waals surface area contributed by atoms with Gasteiger partial charge in [0.25, 0.3) is 11.8 Å². The van der Waals surface area contributed by atoms with Crippen molar-refractivity contribution in [3.05, 3.63) is 76.6 Å². The SMILES string of the molecule is O=C(CCN1C(=O)c2cccc3cccc(c23)C1=O)Nc1ccc(F)c(Cl)c1. The maximum atomic E-state index is 13.2. The van der Waals surface area contributed by atoms with E-state index in [1.807, 2.05) is 12.1 Å². The summed E-state index contributed by atoms with van der Waals surface area (Å²) in [4.78, 5) is 38.8. The van der Waals surface area contributed by atoms with Gasteiger partial charge >= 0.3 is 0 Å². The highest BCUT2D eigenvalue weighted by Crippen LogP contribution is 2.30. The fourth-order valence-corrected chi connectivity index (χ4v) is 3.47. The second-order valence-electron chi connectivity index (χ2n) is 6.40. The Morgan fingerprint density at radius 3 is 2.25 bits per heavy atom. The Morgan fingerprint density at radius 2 is 1.64 bits per heavy atom. The Balaban J connectivity index is 1.51. The molecule has 0 aliphatic carbocycles. The molecule has 1 aliphatic rings. The monoisotopic (exact) mass is 396 g/mol. The van der Waals surface area contributed by atoms with Crippen molar-refractivity contribution in [3.8, 4) is 0 Å². The molecule has 3 aromatic rings. The summed E-state index contributed by atoms with van der Waals surface area (Å²) in [6.07, 6.45) is -0.0926. The molecule has 0 aromatic heterocycles. The fourth-order valence-electron chi connectivity index (χ4n) is 3.29. The van der Waals surface area contributed by atoms with Crippen LogP contribution in [0.1, 0.15) is 27.1 Å². The largest absolute Gasteiger partial charge is 0.326 e. The molecule has 1 aliphatic heterocycles. The minimum absolute atomic E-state index is 0.0663. The normalized spacial score (nSPS) is 13.1. The van der Waals surface area contributed by atoms with E-state index in [9.17, 15) is 18.8 Å². The van der Waals surface area contributed by atoms with Gasteiger partial charge in [-0.3, -0.25) is 19.3 Å². The Kier molecular flexibility index (Phi) is 4.57. The third-order valence-electron chi connectivity index (χ3n) is 4.62. The molecule has 28 heavy (non-hydrogen) atoms. The molecule has 0 radical (unpaired) electrons. The van der Waals surface area contributed by atoms with E-state index in [4.69, 9.17) is 11.6 Å². The van der Waals surface area contributed by atoms with Crippen LogP contribution in [0, 0.1) is 5.82 Å². The Morgan fingerprint density at radius 1 is 1.00 bits per heavy atom. The Hall–Kier alpha value is -3.25. The standard InChI is InChI=1S/C21H14ClFN2O3/c22-16-11-13(7-8-17(16)23)24-18(26)9-10-25-20(27)14-5-1-3-12-4-2-6-15(19(12)14)21(25)28/h1-8,11H,9-10H2,(H,24,26). The number of amides is 3. The van der Waals surface area contributed by atoms with Gasteiger partial charge in [-0.05, 0) is 35.7 Å². The van der Waals surface area contributed by atoms with Gasteiger partial charge in [-0.1, -0.05) is 35.9 Å². The molecule has 0 atom stereocenters. The van der Waals surface area contributed by atoms with E-state index in [0.29, 0.717) is 22.2 Å². The number of halogens is 2. The molecule has 3 amide bonds. The van der Waals surface area contributed by atoms with Crippen LogP contribution >= 0.6 is 11.6 Å². The van der Waals surface area contributed by atoms with Crippen molar-refractivity contribution in [1.82, 2.24) is 4.90 Å². The summed E-state index contributed by atoms with van der Waals surface area (Å²) in [5, 5.41) is 3.93. The van der Waals surface area contributed by atoms with Gasteiger partial charge in [0.1, 0.15) is 5.82 Å². The second-order valence-corrected chi connectivity index (χ2v) is 6.81. The van der Waals surface area contributed by atoms with E-state index >= 15 is 0 Å². The number of hydrogen-bond acceptors (Lipinski definition) is 3. The van der Waals surface area contributed by atoms with Gasteiger partial charge < -0.3 is 5.32 Å². The minimum atomic E-state index is -0.586. The number of carbonyl (C=O) groups excluding carboxylic acids is 3. The van der Waals surface area contributed by atoms with Crippen LogP contribution < -0.4 is 5.32 Å². The zero-order valence-electron chi connectivity index (χ0n) is 14.5. The lowest BCUT2D eigenvalue weighted by Crippen LogP contribution is -2.41. The van der Waals surface area contributed by atoms with Crippen LogP contribution in [-0.2, 0) is 4.79 Å². The average molecular weight is 397 g/mol. The first-order valence-electron chi connectivity index (χ1n) is 8.58. The molecular formula is C21H14ClFN2O3. The molecule has 140 valence electrons. The summed E-state index contributed by atoms with van der Waals surface area (Å²) >= 11 is 5.70. The highest BCUT2D eigenvalue weighted by molar-refractivity contribution is 6.31. The third-order valence-corrected chi connectivity index (χ3v) is 4.91. The number of imide groups is 1. The van der Waals surface area contributed by atoms with Crippen LogP contribution in [-0.4, -0.2) is 29.2 Å². The van der Waals surface area contributed by atoms with E-state index in [1.165, 1.54) is 12.1 Å². The quantitative estimate of drug-likeness (QED) is 0.670. The number of carbonyl (C=O) groups is 3. The van der Waals surface area contributed by atoms with Gasteiger partial charge in [0, 0.05) is 35.2 Å². The van der Waals surface area contributed by atoms with Crippen molar-refractivity contribution in [1.29, 1.82) is 0 Å². The molecular weight excluding hydrogens is 383 g/mol. The van der Waals surface area contributed by atoms with Gasteiger partial charge in [0.05, 0.1) is 5.02 Å². The van der Waals surface area contributed by atoms with Crippen molar-refractivity contribution in [3.63, 3.8) is 0 Å². The second kappa shape index (κ2) is 7.05. The van der Waals surface area contributed by atoms with E-state index in [0.717, 1.165) is 16.4 Å². The topological polar surface area (TPSA) is 66.5 Å². The molecule has 1 heterocycles. The molecule has 0 spiro atoms. The molecule has 4 rings (SSSR count). The van der Waals surface area contributed by atoms with Gasteiger partial charge in [-0.2, -0.15) is 0 Å². The number of benzene rings is 3. The Bertz CT molecular complexity index is 1090. The van der Waals surface area contributed by atoms with Crippen LogP contribution in [0.5, 0.6) is 0 Å². The van der Waals surface area contributed by atoms with E-state index in [2.05, 4.69) is 5.32 Å². The first-order valence-corrected chi connectivity index (χ1v) is 8.96. The molecule has 0 saturated carbocycles. The number of nitrogens with zero attached hydrogens (tertiary/aromatic N) is 1. The molecule has 0 bridgehead atoms. The lowest BCUT2D eigenvalue weighted by molar-refractivity contribution is -0.116. The first-order chi connectivity index (χ1) is 13.5. The molecule has 7 heteroatoms. The maximum Gasteiger partial charge on any atom is 0.261 e. The first kappa shape index (κ1) is 18.1. The molecule has 3 aromatic carbocycles. The number of rotatable bonds is 4. The van der Waals surface area contributed by atoms with E-state index in [1.54, 1.807) is 24.3 Å². The number of anilines is 1. The zero-order chi connectivity index (χ0) is 19.8. The van der Waals surface area contributed by atoms with Gasteiger partial charge in [0.2, 0.25) is 5.91 Å². The Labute approximate surface area is 164 Å². The average Bonchev–Trinajstić information content (AvgIpc) is 2.68. The van der Waals surface area contributed by atoms with Crippen LogP contribution in [0.15, 0.2) is 54.6 Å². The van der Waals surface area contributed by atoms with Crippen LogP contribution in [0.3, 0.4) is 0 Å². The van der Waals surface area contributed by atoms with Crippen molar-refractivity contribution >= 4 is 45.8 Å². The van der Waals surface area contributed by atoms with Crippen molar-refractivity contribution < 1.29 is 18.8 Å². The fraction of sp³-hybridized carbons (Fsp3) is 0.0952. The van der Waals surface area contributed by atoms with Crippen molar-refractivity contribution in [2.24, 2.45) is 0 Å². The van der Waals surface area contributed by atoms with Crippen molar-refractivity contribution in [2.75, 3.05) is 11.9 Å². The molecule has 5 nitrogen and oxygen atoms in total. The van der Waals surface area contributed by atoms with Crippen LogP contribution in [0.4, 0.5) is 10.1 Å². The third kappa shape index (κ3) is 3.12. The maximum absolute atomic E-state index is 13.2. The smallest absolute Gasteiger partial charge is 0.261 e. The minimum Gasteiger partial charge on any atom is -0.326 e. The number of nitrogens with one attached hydrogen (secondary N) is 1. The summed E-state index contributed by atoms with van der Waals surface area (Å²) in [6.45, 7) is -0.0663. The lowest BCUT2D eigenvalue weighted by Gasteiger charge is -2.27. The predicted molar refractivity (Wildman–Crippen MR) is 104 cm³/mol. The lowest BCUT2D eigenvalue weighted by atomic mass is 9.94. The summed E-state index contributed by atoms with van der Waals surface area (Å²) < 4.78 is 13.2. The molecule has 1 N–H and O–H groups in total. The predicted octanol–water partition coefficient (Wildman–Crippen LogP) is 4.26. The molecule has 0 unspecified atom stereocenters. The molecule has 0 fully saturated rings. The summed E-state index contributed by atoms with van der Waals surface area (Å²) in [7, 11) is 0. The van der Waals surface area contributed by atoms with Crippen LogP contribution in [0.25, 0.3) is 10.8 Å². The summed E-state index contributed by atoms with van der Waals surface area (Å²) in [6, 6.07) is 14.4. The van der Waals surface area contributed by atoms with Crippen LogP contribution in [0.2, 0.25) is 5.02 Å².